The molecule has 5 aliphatic heterocycles. The molecule has 0 saturated heterocycles. The molecule has 0 unspecified atom stereocenters. The third-order valence-corrected chi connectivity index (χ3v) is 12.9. The summed E-state index contributed by atoms with van der Waals surface area (Å²) in [5.74, 6) is 0. The molecule has 4 nitrogen and oxygen atoms in total. The molecule has 16 rings (SSSR count). The van der Waals surface area contributed by atoms with Gasteiger partial charge in [-0.25, -0.2) is 0 Å². The maximum absolute atomic E-state index is 2.55. The van der Waals surface area contributed by atoms with Crippen molar-refractivity contribution in [1.29, 1.82) is 0 Å². The van der Waals surface area contributed by atoms with Gasteiger partial charge >= 0.3 is 0 Å². The molecule has 0 aliphatic carbocycles. The molecule has 0 atom stereocenters. The molecule has 0 N–H and O–H groups in total. The van der Waals surface area contributed by atoms with Crippen molar-refractivity contribution in [3.63, 3.8) is 0 Å². The van der Waals surface area contributed by atoms with Crippen LogP contribution in [0.15, 0.2) is 121 Å². The van der Waals surface area contributed by atoms with Gasteiger partial charge in [-0.1, -0.05) is 72.8 Å². The molecular formula is C49H38N4. The molecule has 9 heterocycles. The Morgan fingerprint density at radius 1 is 0.358 bits per heavy atom. The van der Waals surface area contributed by atoms with Gasteiger partial charge in [-0.05, 0) is 105 Å². The van der Waals surface area contributed by atoms with Crippen LogP contribution in [0.4, 0.5) is 0 Å². The van der Waals surface area contributed by atoms with Gasteiger partial charge in [0, 0.05) is 101 Å². The van der Waals surface area contributed by atoms with Crippen LogP contribution in [0.25, 0.3) is 98.3 Å². The van der Waals surface area contributed by atoms with Gasteiger partial charge in [0.15, 0.2) is 0 Å². The van der Waals surface area contributed by atoms with Gasteiger partial charge in [0.1, 0.15) is 0 Å². The largest absolute Gasteiger partial charge is 0.340 e. The number of aryl methyl sites for hydroxylation is 4. The summed E-state index contributed by atoms with van der Waals surface area (Å²) in [7, 11) is 0. The van der Waals surface area contributed by atoms with Gasteiger partial charge in [-0.3, -0.25) is 0 Å². The van der Waals surface area contributed by atoms with E-state index in [-0.39, 0.29) is 0 Å². The van der Waals surface area contributed by atoms with Crippen molar-refractivity contribution in [2.75, 3.05) is 0 Å². The minimum atomic E-state index is 0.941. The topological polar surface area (TPSA) is 19.7 Å². The lowest BCUT2D eigenvalue weighted by molar-refractivity contribution is 0.603. The average Bonchev–Trinajstić information content (AvgIpc) is 3.85. The summed E-state index contributed by atoms with van der Waals surface area (Å²) in [5.41, 5.74) is 15.5. The zero-order valence-electron chi connectivity index (χ0n) is 30.5. The normalized spacial score (nSPS) is 13.4. The number of aromatic nitrogens is 4. The number of benzene rings is 7. The highest BCUT2D eigenvalue weighted by molar-refractivity contribution is 6.22. The Bertz CT molecular complexity index is 3180. The summed E-state index contributed by atoms with van der Waals surface area (Å²) in [5, 5.41) is 13.1. The standard InChI is InChI=1S/C49H38N4/c1-28-30(3)52-32-14-22-46-42(26-32)38-10-5-7-12-44(38)50(46)24-9-25-51-45-13-8-6-11-39(45)43-27-33(15-23-47(43)51)53-31(4)29(2)35-17-19-37-36-18-16-34(28)48(52)40(36)20-21-41(37)49(35)53/h5-8,10-23,26-27H,9,24-25H2,1-4H3. The van der Waals surface area contributed by atoms with Crippen LogP contribution in [-0.4, -0.2) is 18.3 Å². The third-order valence-electron chi connectivity index (χ3n) is 12.9. The smallest absolute Gasteiger partial charge is 0.0612 e. The summed E-state index contributed by atoms with van der Waals surface area (Å²) < 4.78 is 10.1. The lowest BCUT2D eigenvalue weighted by Gasteiger charge is -2.14. The molecule has 0 spiro atoms. The van der Waals surface area contributed by atoms with Crippen LogP contribution in [0, 0.1) is 27.7 Å². The highest BCUT2D eigenvalue weighted by Gasteiger charge is 2.22. The Kier molecular flexibility index (Phi) is 5.65. The van der Waals surface area contributed by atoms with Crippen molar-refractivity contribution < 1.29 is 0 Å². The molecular weight excluding hydrogens is 645 g/mol. The second kappa shape index (κ2) is 10.2. The van der Waals surface area contributed by atoms with Crippen LogP contribution in [0.3, 0.4) is 0 Å². The maximum atomic E-state index is 2.55. The molecule has 4 heteroatoms. The first-order chi connectivity index (χ1) is 26.0. The zero-order chi connectivity index (χ0) is 35.3. The minimum Gasteiger partial charge on any atom is -0.340 e. The van der Waals surface area contributed by atoms with Crippen molar-refractivity contribution in [3.8, 4) is 11.4 Å². The molecule has 0 radical (unpaired) electrons. The second-order valence-electron chi connectivity index (χ2n) is 15.4. The van der Waals surface area contributed by atoms with E-state index in [1.807, 2.05) is 0 Å². The Hall–Kier alpha value is -6.26. The fraction of sp³-hybridized carbons (Fsp3) is 0.143. The number of para-hydroxylation sites is 2. The highest BCUT2D eigenvalue weighted by atomic mass is 15.0. The molecule has 14 bridgehead atoms. The third kappa shape index (κ3) is 3.65. The quantitative estimate of drug-likeness (QED) is 0.142. The second-order valence-corrected chi connectivity index (χ2v) is 15.4. The average molecular weight is 683 g/mol. The minimum absolute atomic E-state index is 0.941. The van der Waals surface area contributed by atoms with Crippen LogP contribution >= 0.6 is 0 Å². The Morgan fingerprint density at radius 2 is 0.755 bits per heavy atom. The van der Waals surface area contributed by atoms with Gasteiger partial charge in [0.05, 0.1) is 11.0 Å². The van der Waals surface area contributed by atoms with E-state index in [1.54, 1.807) is 0 Å². The van der Waals surface area contributed by atoms with E-state index in [4.69, 9.17) is 0 Å². The zero-order valence-corrected chi connectivity index (χ0v) is 30.5. The monoisotopic (exact) mass is 682 g/mol. The number of fused-ring (bicyclic) bond motifs is 2. The van der Waals surface area contributed by atoms with Crippen molar-refractivity contribution in [2.45, 2.75) is 47.2 Å². The fourth-order valence-electron chi connectivity index (χ4n) is 10.2. The Morgan fingerprint density at radius 3 is 1.23 bits per heavy atom. The first-order valence-electron chi connectivity index (χ1n) is 19.0. The summed E-state index contributed by atoms with van der Waals surface area (Å²) in [6.07, 6.45) is 1.02. The van der Waals surface area contributed by atoms with Crippen molar-refractivity contribution in [2.24, 2.45) is 0 Å². The summed E-state index contributed by atoms with van der Waals surface area (Å²) in [6, 6.07) is 46.5. The number of rotatable bonds is 0. The maximum Gasteiger partial charge on any atom is 0.0612 e. The molecule has 11 aromatic rings. The molecule has 53 heavy (non-hydrogen) atoms. The van der Waals surface area contributed by atoms with Gasteiger partial charge in [-0.2, -0.15) is 0 Å². The number of hydrogen-bond donors (Lipinski definition) is 0. The summed E-state index contributed by atoms with van der Waals surface area (Å²) in [4.78, 5) is 0. The van der Waals surface area contributed by atoms with Gasteiger partial charge in [0.2, 0.25) is 0 Å². The van der Waals surface area contributed by atoms with Crippen molar-refractivity contribution in [3.05, 3.63) is 144 Å². The van der Waals surface area contributed by atoms with Gasteiger partial charge in [-0.15, -0.1) is 0 Å². The molecule has 254 valence electrons. The molecule has 0 saturated carbocycles. The summed E-state index contributed by atoms with van der Waals surface area (Å²) in [6.45, 7) is 11.0. The molecule has 0 fully saturated rings. The van der Waals surface area contributed by atoms with E-state index in [1.165, 1.54) is 121 Å². The van der Waals surface area contributed by atoms with E-state index in [9.17, 15) is 0 Å². The van der Waals surface area contributed by atoms with Crippen LogP contribution in [-0.2, 0) is 13.1 Å². The Balaban J connectivity index is 1.26. The van der Waals surface area contributed by atoms with Crippen molar-refractivity contribution in [1.82, 2.24) is 18.3 Å². The lowest BCUT2D eigenvalue weighted by Crippen LogP contribution is -2.04. The van der Waals surface area contributed by atoms with Crippen LogP contribution < -0.4 is 0 Å². The van der Waals surface area contributed by atoms with E-state index >= 15 is 0 Å². The predicted octanol–water partition coefficient (Wildman–Crippen LogP) is 12.7. The Labute approximate surface area is 306 Å². The molecule has 5 aliphatic rings. The molecule has 0 amide bonds. The van der Waals surface area contributed by atoms with Crippen LogP contribution in [0.5, 0.6) is 0 Å². The van der Waals surface area contributed by atoms with E-state index in [0.717, 1.165) is 19.5 Å². The van der Waals surface area contributed by atoms with Crippen molar-refractivity contribution >= 4 is 87.0 Å². The lowest BCUT2D eigenvalue weighted by atomic mass is 9.97. The van der Waals surface area contributed by atoms with E-state index < -0.39 is 0 Å². The fourth-order valence-corrected chi connectivity index (χ4v) is 10.2. The van der Waals surface area contributed by atoms with E-state index in [0.29, 0.717) is 0 Å². The van der Waals surface area contributed by atoms with Crippen LogP contribution in [0.2, 0.25) is 0 Å². The number of nitrogens with zero attached hydrogens (tertiary/aromatic N) is 4. The molecule has 4 aromatic heterocycles. The predicted molar refractivity (Wildman–Crippen MR) is 225 cm³/mol. The SMILES string of the molecule is Cc1c(C)n2c3c1ccc1c4ccc5c(C)c(C)n(c5c4ccc13)-c1ccc3c(c1)c1ccccc1n3CCCn1c3ccccc3c3cc-2ccc31. The van der Waals surface area contributed by atoms with Gasteiger partial charge < -0.3 is 18.3 Å². The summed E-state index contributed by atoms with van der Waals surface area (Å²) >= 11 is 0. The first-order valence-corrected chi connectivity index (χ1v) is 19.0. The van der Waals surface area contributed by atoms with E-state index in [2.05, 4.69) is 167 Å². The first kappa shape index (κ1) is 29.3. The van der Waals surface area contributed by atoms with Crippen LogP contribution in [0.1, 0.15) is 28.9 Å². The highest BCUT2D eigenvalue weighted by Crippen LogP contribution is 2.42. The van der Waals surface area contributed by atoms with Gasteiger partial charge in [0.25, 0.3) is 0 Å². The number of hydrogen-bond acceptors (Lipinski definition) is 0. The molecule has 7 aromatic carbocycles.